The number of carbonyl (C=O) groups is 1. The van der Waals surface area contributed by atoms with Crippen LogP contribution in [0.5, 0.6) is 17.2 Å². The Morgan fingerprint density at radius 2 is 1.87 bits per heavy atom. The molecule has 0 aromatic heterocycles. The molecule has 1 aliphatic heterocycles. The Morgan fingerprint density at radius 3 is 2.65 bits per heavy atom. The minimum Gasteiger partial charge on any atom is -0.493 e. The van der Waals surface area contributed by atoms with Crippen LogP contribution in [0, 0.1) is 0 Å². The van der Waals surface area contributed by atoms with Crippen LogP contribution in [0.15, 0.2) is 42.5 Å². The first-order valence-corrected chi connectivity index (χ1v) is 7.45. The van der Waals surface area contributed by atoms with Gasteiger partial charge in [-0.05, 0) is 24.3 Å². The van der Waals surface area contributed by atoms with Crippen LogP contribution >= 0.6 is 0 Å². The van der Waals surface area contributed by atoms with E-state index in [-0.39, 0.29) is 5.91 Å². The molecule has 1 heterocycles. The van der Waals surface area contributed by atoms with Gasteiger partial charge in [0, 0.05) is 17.7 Å². The summed E-state index contributed by atoms with van der Waals surface area (Å²) in [5.74, 6) is 1.94. The van der Waals surface area contributed by atoms with Crippen molar-refractivity contribution in [1.29, 1.82) is 0 Å². The monoisotopic (exact) mass is 313 g/mol. The average molecular weight is 313 g/mol. The molecular weight excluding hydrogens is 294 g/mol. The minimum atomic E-state index is -0.0498. The number of fused-ring (bicyclic) bond motifs is 1. The lowest BCUT2D eigenvalue weighted by molar-refractivity contribution is 0.0733. The summed E-state index contributed by atoms with van der Waals surface area (Å²) in [6.07, 6.45) is 0. The predicted molar refractivity (Wildman–Crippen MR) is 86.2 cm³/mol. The highest BCUT2D eigenvalue weighted by Crippen LogP contribution is 2.29. The van der Waals surface area contributed by atoms with Crippen molar-refractivity contribution in [1.82, 2.24) is 4.90 Å². The second-order valence-corrected chi connectivity index (χ2v) is 5.25. The number of rotatable bonds is 3. The van der Waals surface area contributed by atoms with Crippen molar-refractivity contribution in [3.63, 3.8) is 0 Å². The van der Waals surface area contributed by atoms with E-state index >= 15 is 0 Å². The van der Waals surface area contributed by atoms with E-state index < -0.39 is 0 Å². The molecule has 0 saturated heterocycles. The highest BCUT2D eigenvalue weighted by atomic mass is 16.5. The topological polar surface area (TPSA) is 48.0 Å². The molecule has 0 bridgehead atoms. The summed E-state index contributed by atoms with van der Waals surface area (Å²) < 4.78 is 16.2. The molecule has 5 nitrogen and oxygen atoms in total. The van der Waals surface area contributed by atoms with Crippen LogP contribution in [0.2, 0.25) is 0 Å². The molecule has 0 fully saturated rings. The van der Waals surface area contributed by atoms with E-state index in [1.54, 1.807) is 37.3 Å². The fraction of sp³-hybridized carbons (Fsp3) is 0.278. The number of para-hydroxylation sites is 1. The number of amides is 1. The SMILES string of the molecule is COc1ccc(C(=O)N2CCOc3ccccc3C2)cc1OC. The number of nitrogens with zero attached hydrogens (tertiary/aromatic N) is 1. The second kappa shape index (κ2) is 6.60. The Bertz CT molecular complexity index is 714. The maximum Gasteiger partial charge on any atom is 0.254 e. The normalized spacial score (nSPS) is 13.6. The molecule has 2 aromatic carbocycles. The van der Waals surface area contributed by atoms with Gasteiger partial charge in [-0.2, -0.15) is 0 Å². The second-order valence-electron chi connectivity index (χ2n) is 5.25. The van der Waals surface area contributed by atoms with Gasteiger partial charge >= 0.3 is 0 Å². The third-order valence-electron chi connectivity index (χ3n) is 3.87. The molecule has 3 rings (SSSR count). The molecule has 0 atom stereocenters. The Morgan fingerprint density at radius 1 is 1.09 bits per heavy atom. The van der Waals surface area contributed by atoms with Crippen LogP contribution < -0.4 is 14.2 Å². The first kappa shape index (κ1) is 15.2. The number of hydrogen-bond acceptors (Lipinski definition) is 4. The molecule has 1 amide bonds. The largest absolute Gasteiger partial charge is 0.493 e. The van der Waals surface area contributed by atoms with E-state index in [1.807, 2.05) is 24.3 Å². The number of carbonyl (C=O) groups excluding carboxylic acids is 1. The van der Waals surface area contributed by atoms with Crippen LogP contribution in [0.3, 0.4) is 0 Å². The smallest absolute Gasteiger partial charge is 0.254 e. The van der Waals surface area contributed by atoms with Gasteiger partial charge in [0.2, 0.25) is 0 Å². The number of hydrogen-bond donors (Lipinski definition) is 0. The lowest BCUT2D eigenvalue weighted by Crippen LogP contribution is -2.32. The van der Waals surface area contributed by atoms with Crippen LogP contribution in [0.1, 0.15) is 15.9 Å². The highest BCUT2D eigenvalue weighted by Gasteiger charge is 2.21. The first-order valence-electron chi connectivity index (χ1n) is 7.45. The van der Waals surface area contributed by atoms with Crippen LogP contribution in [-0.4, -0.2) is 38.2 Å². The maximum atomic E-state index is 12.8. The van der Waals surface area contributed by atoms with Crippen molar-refractivity contribution in [2.24, 2.45) is 0 Å². The summed E-state index contributed by atoms with van der Waals surface area (Å²) in [4.78, 5) is 14.6. The quantitative estimate of drug-likeness (QED) is 0.874. The summed E-state index contributed by atoms with van der Waals surface area (Å²) in [6.45, 7) is 1.56. The Hall–Kier alpha value is -2.69. The van der Waals surface area contributed by atoms with Crippen LogP contribution in [0.4, 0.5) is 0 Å². The molecule has 23 heavy (non-hydrogen) atoms. The van der Waals surface area contributed by atoms with Gasteiger partial charge in [0.05, 0.1) is 20.8 Å². The highest BCUT2D eigenvalue weighted by molar-refractivity contribution is 5.95. The zero-order valence-electron chi connectivity index (χ0n) is 13.2. The van der Waals surface area contributed by atoms with E-state index in [1.165, 1.54) is 0 Å². The fourth-order valence-corrected chi connectivity index (χ4v) is 2.65. The van der Waals surface area contributed by atoms with Crippen LogP contribution in [0.25, 0.3) is 0 Å². The van der Waals surface area contributed by atoms with Crippen molar-refractivity contribution in [2.45, 2.75) is 6.54 Å². The molecule has 0 radical (unpaired) electrons. The van der Waals surface area contributed by atoms with Gasteiger partial charge in [-0.1, -0.05) is 18.2 Å². The molecule has 5 heteroatoms. The van der Waals surface area contributed by atoms with Gasteiger partial charge in [-0.15, -0.1) is 0 Å². The number of benzene rings is 2. The molecule has 120 valence electrons. The van der Waals surface area contributed by atoms with Crippen molar-refractivity contribution in [3.8, 4) is 17.2 Å². The predicted octanol–water partition coefficient (Wildman–Crippen LogP) is 2.74. The van der Waals surface area contributed by atoms with E-state index in [0.29, 0.717) is 36.8 Å². The maximum absolute atomic E-state index is 12.8. The molecule has 0 unspecified atom stereocenters. The zero-order chi connectivity index (χ0) is 16.2. The molecule has 2 aromatic rings. The van der Waals surface area contributed by atoms with E-state index in [0.717, 1.165) is 11.3 Å². The molecule has 0 spiro atoms. The molecule has 1 aliphatic rings. The fourth-order valence-electron chi connectivity index (χ4n) is 2.65. The van der Waals surface area contributed by atoms with Crippen molar-refractivity contribution in [2.75, 3.05) is 27.4 Å². The van der Waals surface area contributed by atoms with E-state index in [2.05, 4.69) is 0 Å². The zero-order valence-corrected chi connectivity index (χ0v) is 13.2. The minimum absolute atomic E-state index is 0.0498. The Kier molecular flexibility index (Phi) is 4.37. The lowest BCUT2D eigenvalue weighted by Gasteiger charge is -2.20. The molecule has 0 saturated carbocycles. The summed E-state index contributed by atoms with van der Waals surface area (Å²) >= 11 is 0. The standard InChI is InChI=1S/C18H19NO4/c1-21-16-8-7-13(11-17(16)22-2)18(20)19-9-10-23-15-6-4-3-5-14(15)12-19/h3-8,11H,9-10,12H2,1-2H3. The van der Waals surface area contributed by atoms with Gasteiger partial charge in [-0.25, -0.2) is 0 Å². The van der Waals surface area contributed by atoms with Crippen LogP contribution in [-0.2, 0) is 6.54 Å². The Labute approximate surface area is 135 Å². The molecule has 0 N–H and O–H groups in total. The average Bonchev–Trinajstić information content (AvgIpc) is 2.82. The molecular formula is C18H19NO4. The number of methoxy groups -OCH3 is 2. The summed E-state index contributed by atoms with van der Waals surface area (Å²) in [5.41, 5.74) is 1.58. The van der Waals surface area contributed by atoms with Gasteiger partial charge in [0.15, 0.2) is 11.5 Å². The Balaban J connectivity index is 1.86. The third-order valence-corrected chi connectivity index (χ3v) is 3.87. The summed E-state index contributed by atoms with van der Waals surface area (Å²) in [7, 11) is 3.13. The third kappa shape index (κ3) is 3.08. The summed E-state index contributed by atoms with van der Waals surface area (Å²) in [6, 6.07) is 13.0. The van der Waals surface area contributed by atoms with Gasteiger partial charge in [0.1, 0.15) is 12.4 Å². The number of ether oxygens (including phenoxy) is 3. The van der Waals surface area contributed by atoms with Crippen molar-refractivity contribution >= 4 is 5.91 Å². The van der Waals surface area contributed by atoms with Gasteiger partial charge in [0.25, 0.3) is 5.91 Å². The van der Waals surface area contributed by atoms with Gasteiger partial charge in [-0.3, -0.25) is 4.79 Å². The van der Waals surface area contributed by atoms with Crippen molar-refractivity contribution in [3.05, 3.63) is 53.6 Å². The lowest BCUT2D eigenvalue weighted by atomic mass is 10.1. The summed E-state index contributed by atoms with van der Waals surface area (Å²) in [5, 5.41) is 0. The van der Waals surface area contributed by atoms with Crippen molar-refractivity contribution < 1.29 is 19.0 Å². The van der Waals surface area contributed by atoms with E-state index in [4.69, 9.17) is 14.2 Å². The first-order chi connectivity index (χ1) is 11.2. The molecule has 0 aliphatic carbocycles. The van der Waals surface area contributed by atoms with Gasteiger partial charge < -0.3 is 19.1 Å². The van der Waals surface area contributed by atoms with E-state index in [9.17, 15) is 4.79 Å².